The van der Waals surface area contributed by atoms with E-state index in [9.17, 15) is 18.0 Å². The van der Waals surface area contributed by atoms with Gasteiger partial charge in [-0.25, -0.2) is 4.98 Å². The predicted octanol–water partition coefficient (Wildman–Crippen LogP) is 5.42. The molecule has 0 aliphatic carbocycles. The molecule has 0 spiro atoms. The molecule has 8 heteroatoms. The molecule has 0 saturated heterocycles. The summed E-state index contributed by atoms with van der Waals surface area (Å²) in [6.07, 6.45) is -4.27. The second kappa shape index (κ2) is 6.09. The largest absolute Gasteiger partial charge is 0.433 e. The summed E-state index contributed by atoms with van der Waals surface area (Å²) >= 11 is 3.54. The molecule has 1 aliphatic rings. The Bertz CT molecular complexity index is 1090. The first-order chi connectivity index (χ1) is 12.7. The fourth-order valence-electron chi connectivity index (χ4n) is 3.43. The number of nitrogens with zero attached hydrogens (tertiary/aromatic N) is 2. The highest BCUT2D eigenvalue weighted by molar-refractivity contribution is 9.10. The number of halogens is 4. The number of pyridine rings is 1. The van der Waals surface area contributed by atoms with Gasteiger partial charge >= 0.3 is 6.18 Å². The molecule has 3 heterocycles. The molecule has 1 aliphatic heterocycles. The molecule has 0 unspecified atom stereocenters. The maximum atomic E-state index is 13.2. The molecule has 0 atom stereocenters. The van der Waals surface area contributed by atoms with Crippen LogP contribution in [0.5, 0.6) is 0 Å². The Labute approximate surface area is 161 Å². The number of alkyl halides is 3. The van der Waals surface area contributed by atoms with Gasteiger partial charge in [0.05, 0.1) is 6.42 Å². The van der Waals surface area contributed by atoms with Gasteiger partial charge in [-0.15, -0.1) is 0 Å². The van der Waals surface area contributed by atoms with Gasteiger partial charge in [0.2, 0.25) is 5.91 Å². The molecule has 4 rings (SSSR count). The fraction of sp³-hybridized carbons (Fsp3) is 0.263. The van der Waals surface area contributed by atoms with E-state index >= 15 is 0 Å². The average Bonchev–Trinajstić information content (AvgIpc) is 3.09. The molecule has 1 aromatic carbocycles. The van der Waals surface area contributed by atoms with Crippen molar-refractivity contribution in [3.05, 3.63) is 51.8 Å². The molecular formula is C19H15BrF3N3O. The summed E-state index contributed by atoms with van der Waals surface area (Å²) in [4.78, 5) is 15.6. The fourth-order valence-corrected chi connectivity index (χ4v) is 4.37. The molecular weight excluding hydrogens is 423 g/mol. The van der Waals surface area contributed by atoms with Crippen LogP contribution in [-0.2, 0) is 17.4 Å². The average molecular weight is 438 g/mol. The van der Waals surface area contributed by atoms with E-state index in [4.69, 9.17) is 0 Å². The van der Waals surface area contributed by atoms with Gasteiger partial charge in [-0.3, -0.25) is 9.36 Å². The number of hydrogen-bond acceptors (Lipinski definition) is 2. The van der Waals surface area contributed by atoms with Crippen molar-refractivity contribution in [3.8, 4) is 5.69 Å². The molecule has 0 fully saturated rings. The third-order valence-corrected chi connectivity index (χ3v) is 5.43. The highest BCUT2D eigenvalue weighted by Crippen LogP contribution is 2.39. The zero-order valence-corrected chi connectivity index (χ0v) is 16.1. The molecule has 0 radical (unpaired) electrons. The molecule has 1 amide bonds. The van der Waals surface area contributed by atoms with Gasteiger partial charge in [0.15, 0.2) is 0 Å². The molecule has 0 bridgehead atoms. The third kappa shape index (κ3) is 2.92. The summed E-state index contributed by atoms with van der Waals surface area (Å²) in [5.41, 5.74) is 2.35. The van der Waals surface area contributed by atoms with E-state index in [2.05, 4.69) is 26.2 Å². The summed E-state index contributed by atoms with van der Waals surface area (Å²) in [7, 11) is 0. The summed E-state index contributed by atoms with van der Waals surface area (Å²) in [6.45, 7) is 3.94. The Hall–Kier alpha value is -2.35. The second-order valence-corrected chi connectivity index (χ2v) is 7.61. The minimum Gasteiger partial charge on any atom is -0.326 e. The van der Waals surface area contributed by atoms with Crippen LogP contribution in [0, 0.1) is 0 Å². The van der Waals surface area contributed by atoms with E-state index in [1.807, 2.05) is 19.9 Å². The molecule has 1 N–H and O–H groups in total. The van der Waals surface area contributed by atoms with E-state index in [1.54, 1.807) is 16.7 Å². The predicted molar refractivity (Wildman–Crippen MR) is 100 cm³/mol. The van der Waals surface area contributed by atoms with Crippen LogP contribution < -0.4 is 5.32 Å². The number of benzene rings is 1. The van der Waals surface area contributed by atoms with Gasteiger partial charge in [-0.05, 0) is 57.7 Å². The Morgan fingerprint density at radius 3 is 2.63 bits per heavy atom. The van der Waals surface area contributed by atoms with Crippen LogP contribution in [0.4, 0.5) is 18.9 Å². The Morgan fingerprint density at radius 2 is 1.96 bits per heavy atom. The first-order valence-corrected chi connectivity index (χ1v) is 9.17. The molecule has 3 aromatic rings. The number of hydrogen-bond donors (Lipinski definition) is 1. The van der Waals surface area contributed by atoms with Crippen LogP contribution in [0.2, 0.25) is 0 Å². The van der Waals surface area contributed by atoms with Gasteiger partial charge in [-0.1, -0.05) is 13.8 Å². The lowest BCUT2D eigenvalue weighted by atomic mass is 10.1. The zero-order valence-electron chi connectivity index (χ0n) is 14.5. The van der Waals surface area contributed by atoms with Crippen LogP contribution in [0.1, 0.15) is 36.7 Å². The molecule has 2 aromatic heterocycles. The topological polar surface area (TPSA) is 46.9 Å². The van der Waals surface area contributed by atoms with E-state index in [0.29, 0.717) is 11.1 Å². The number of amides is 1. The SMILES string of the molecule is CC(C)c1c(Br)c2ccc(C(F)(F)F)nc2n1-c1ccc2c(c1)CC(=O)N2. The lowest BCUT2D eigenvalue weighted by molar-refractivity contribution is -0.141. The third-order valence-electron chi connectivity index (χ3n) is 4.60. The van der Waals surface area contributed by atoms with Crippen LogP contribution in [0.15, 0.2) is 34.8 Å². The van der Waals surface area contributed by atoms with Crippen molar-refractivity contribution < 1.29 is 18.0 Å². The quantitative estimate of drug-likeness (QED) is 0.581. The minimum absolute atomic E-state index is 0.0379. The van der Waals surface area contributed by atoms with E-state index in [0.717, 1.165) is 27.5 Å². The highest BCUT2D eigenvalue weighted by Gasteiger charge is 2.34. The molecule has 140 valence electrons. The van der Waals surface area contributed by atoms with Gasteiger partial charge in [0.1, 0.15) is 11.3 Å². The standard InChI is InChI=1S/C19H15BrF3N3O/c1-9(2)17-16(20)12-4-6-14(19(21,22)23)25-18(12)26(17)11-3-5-13-10(7-11)8-15(27)24-13/h3-7,9H,8H2,1-2H3,(H,24,27). The number of fused-ring (bicyclic) bond motifs is 2. The number of carbonyl (C=O) groups excluding carboxylic acids is 1. The maximum Gasteiger partial charge on any atom is 0.433 e. The summed E-state index contributed by atoms with van der Waals surface area (Å²) in [5, 5.41) is 3.38. The van der Waals surface area contributed by atoms with Gasteiger partial charge in [0.25, 0.3) is 0 Å². The van der Waals surface area contributed by atoms with Crippen molar-refractivity contribution in [3.63, 3.8) is 0 Å². The van der Waals surface area contributed by atoms with Crippen LogP contribution in [0.3, 0.4) is 0 Å². The van der Waals surface area contributed by atoms with Gasteiger partial charge in [-0.2, -0.15) is 13.2 Å². The summed E-state index contributed by atoms with van der Waals surface area (Å²) < 4.78 is 42.1. The second-order valence-electron chi connectivity index (χ2n) is 6.82. The van der Waals surface area contributed by atoms with Crippen molar-refractivity contribution in [2.75, 3.05) is 5.32 Å². The summed E-state index contributed by atoms with van der Waals surface area (Å²) in [5.74, 6) is -0.0572. The van der Waals surface area contributed by atoms with Crippen LogP contribution in [-0.4, -0.2) is 15.5 Å². The lowest BCUT2D eigenvalue weighted by Gasteiger charge is -2.15. The number of anilines is 1. The van der Waals surface area contributed by atoms with Crippen molar-refractivity contribution >= 4 is 38.6 Å². The van der Waals surface area contributed by atoms with Crippen molar-refractivity contribution in [2.24, 2.45) is 0 Å². The van der Waals surface area contributed by atoms with E-state index in [-0.39, 0.29) is 23.9 Å². The molecule has 4 nitrogen and oxygen atoms in total. The van der Waals surface area contributed by atoms with Crippen molar-refractivity contribution in [1.82, 2.24) is 9.55 Å². The first-order valence-electron chi connectivity index (χ1n) is 8.38. The number of nitrogens with one attached hydrogen (secondary N) is 1. The van der Waals surface area contributed by atoms with Crippen LogP contribution in [0.25, 0.3) is 16.7 Å². The Kier molecular flexibility index (Phi) is 4.06. The molecule has 27 heavy (non-hydrogen) atoms. The first kappa shape index (κ1) is 18.0. The zero-order chi connectivity index (χ0) is 19.5. The van der Waals surface area contributed by atoms with Crippen LogP contribution >= 0.6 is 15.9 Å². The normalized spacial score (nSPS) is 14.1. The van der Waals surface area contributed by atoms with Gasteiger partial charge < -0.3 is 5.32 Å². The van der Waals surface area contributed by atoms with Crippen molar-refractivity contribution in [1.29, 1.82) is 0 Å². The lowest BCUT2D eigenvalue weighted by Crippen LogP contribution is -2.09. The molecule has 0 saturated carbocycles. The highest BCUT2D eigenvalue weighted by atomic mass is 79.9. The van der Waals surface area contributed by atoms with E-state index < -0.39 is 11.9 Å². The summed E-state index contributed by atoms with van der Waals surface area (Å²) in [6, 6.07) is 7.81. The maximum absolute atomic E-state index is 13.2. The number of carbonyl (C=O) groups is 1. The number of aromatic nitrogens is 2. The number of rotatable bonds is 2. The monoisotopic (exact) mass is 437 g/mol. The van der Waals surface area contributed by atoms with Gasteiger partial charge in [0, 0.05) is 26.9 Å². The Morgan fingerprint density at radius 1 is 1.22 bits per heavy atom. The van der Waals surface area contributed by atoms with E-state index in [1.165, 1.54) is 6.07 Å². The van der Waals surface area contributed by atoms with Crippen molar-refractivity contribution in [2.45, 2.75) is 32.4 Å². The smallest absolute Gasteiger partial charge is 0.326 e. The Balaban J connectivity index is 2.02. The minimum atomic E-state index is -4.53.